The topological polar surface area (TPSA) is 42.4 Å². The van der Waals surface area contributed by atoms with E-state index in [0.29, 0.717) is 47.6 Å². The molecule has 4 aromatic rings. The van der Waals surface area contributed by atoms with E-state index in [-0.39, 0.29) is 11.1 Å². The van der Waals surface area contributed by atoms with E-state index in [1.807, 2.05) is 6.92 Å². The Morgan fingerprint density at radius 2 is 1.64 bits per heavy atom. The van der Waals surface area contributed by atoms with Gasteiger partial charge in [-0.05, 0) is 54.3 Å². The zero-order chi connectivity index (χ0) is 27.8. The third-order valence-corrected chi connectivity index (χ3v) is 6.34. The van der Waals surface area contributed by atoms with Crippen molar-refractivity contribution < 1.29 is 23.0 Å². The average molecular weight is 530 g/mol. The van der Waals surface area contributed by atoms with Crippen molar-refractivity contribution in [1.29, 1.82) is 0 Å². The maximum atomic E-state index is 14.9. The Balaban J connectivity index is 1.47. The second-order valence-electron chi connectivity index (χ2n) is 9.13. The maximum absolute atomic E-state index is 14.9. The zero-order valence-electron chi connectivity index (χ0n) is 21.7. The first-order valence-corrected chi connectivity index (χ1v) is 12.9. The van der Waals surface area contributed by atoms with Gasteiger partial charge in [0.15, 0.2) is 11.6 Å². The first-order chi connectivity index (χ1) is 18.9. The van der Waals surface area contributed by atoms with E-state index >= 15 is 0 Å². The van der Waals surface area contributed by atoms with Crippen LogP contribution in [0.2, 0.25) is 0 Å². The lowest BCUT2D eigenvalue weighted by Crippen LogP contribution is -1.97. The molecule has 0 radical (unpaired) electrons. The summed E-state index contributed by atoms with van der Waals surface area (Å²) in [6.45, 7) is 6.04. The molecule has 0 amide bonds. The first-order valence-electron chi connectivity index (χ1n) is 12.9. The molecule has 1 N–H and O–H groups in total. The number of benzene rings is 3. The van der Waals surface area contributed by atoms with Crippen molar-refractivity contribution >= 4 is 12.2 Å². The summed E-state index contributed by atoms with van der Waals surface area (Å²) in [6.07, 6.45) is 7.84. The third kappa shape index (κ3) is 6.84. The maximum Gasteiger partial charge on any atom is 0.167 e. The summed E-state index contributed by atoms with van der Waals surface area (Å²) in [5.41, 5.74) is 2.96. The summed E-state index contributed by atoms with van der Waals surface area (Å²) >= 11 is 0. The summed E-state index contributed by atoms with van der Waals surface area (Å²) in [5, 5.41) is 10.1. The summed E-state index contributed by atoms with van der Waals surface area (Å²) < 4.78 is 49.9. The fourth-order valence-electron chi connectivity index (χ4n) is 4.16. The number of pyridine rings is 1. The molecule has 1 heterocycles. The smallest absolute Gasteiger partial charge is 0.167 e. The molecule has 0 saturated carbocycles. The van der Waals surface area contributed by atoms with Crippen molar-refractivity contribution in [2.45, 2.75) is 32.3 Å². The Labute approximate surface area is 226 Å². The molecule has 0 fully saturated rings. The molecule has 3 nitrogen and oxygen atoms in total. The van der Waals surface area contributed by atoms with E-state index in [9.17, 15) is 18.3 Å². The predicted molar refractivity (Wildman–Crippen MR) is 151 cm³/mol. The fourth-order valence-corrected chi connectivity index (χ4v) is 4.16. The molecule has 0 spiro atoms. The SMILES string of the molecule is C=CCCOc1ccc(-c2ccc(/C=C/c3ccc(-c4ccc(C(O)CCC)cc4)c(F)c3F)nc2)c(F)c1. The van der Waals surface area contributed by atoms with Gasteiger partial charge in [0, 0.05) is 34.5 Å². The third-order valence-electron chi connectivity index (χ3n) is 6.34. The Morgan fingerprint density at radius 3 is 2.31 bits per heavy atom. The number of ether oxygens (including phenoxy) is 1. The highest BCUT2D eigenvalue weighted by Gasteiger charge is 2.15. The standard InChI is InChI=1S/C33H30F3NO2/c1-3-5-19-39-27-16-18-28(30(34)20-27)25-12-15-26(37-21-25)14-11-24-13-17-29(33(36)32(24)35)22-7-9-23(10-8-22)31(38)6-4-2/h3,7-18,20-21,31,38H,1,4-6,19H2,2H3/b14-11+. The molecular weight excluding hydrogens is 499 g/mol. The lowest BCUT2D eigenvalue weighted by Gasteiger charge is -2.11. The van der Waals surface area contributed by atoms with Crippen molar-refractivity contribution in [1.82, 2.24) is 4.98 Å². The van der Waals surface area contributed by atoms with Gasteiger partial charge in [0.2, 0.25) is 0 Å². The van der Waals surface area contributed by atoms with Crippen molar-refractivity contribution in [3.8, 4) is 28.0 Å². The Hall–Kier alpha value is -4.16. The molecule has 6 heteroatoms. The Kier molecular flexibility index (Phi) is 9.34. The van der Waals surface area contributed by atoms with E-state index < -0.39 is 23.6 Å². The molecule has 0 aliphatic carbocycles. The Bertz CT molecular complexity index is 1450. The van der Waals surface area contributed by atoms with Crippen LogP contribution in [-0.2, 0) is 0 Å². The first kappa shape index (κ1) is 27.9. The van der Waals surface area contributed by atoms with E-state index in [1.165, 1.54) is 30.5 Å². The quantitative estimate of drug-likeness (QED) is 0.156. The van der Waals surface area contributed by atoms with Crippen LogP contribution >= 0.6 is 0 Å². The van der Waals surface area contributed by atoms with Crippen LogP contribution in [0.15, 0.2) is 85.6 Å². The summed E-state index contributed by atoms with van der Waals surface area (Å²) in [6, 6.07) is 17.9. The van der Waals surface area contributed by atoms with E-state index in [4.69, 9.17) is 4.74 Å². The minimum atomic E-state index is -0.965. The van der Waals surface area contributed by atoms with Gasteiger partial charge in [0.1, 0.15) is 11.6 Å². The van der Waals surface area contributed by atoms with Crippen LogP contribution in [0.4, 0.5) is 13.2 Å². The molecule has 1 unspecified atom stereocenters. The lowest BCUT2D eigenvalue weighted by molar-refractivity contribution is 0.166. The molecular formula is C33H30F3NO2. The van der Waals surface area contributed by atoms with Crippen LogP contribution < -0.4 is 4.74 Å². The molecule has 1 atom stereocenters. The highest BCUT2D eigenvalue weighted by Crippen LogP contribution is 2.30. The van der Waals surface area contributed by atoms with Gasteiger partial charge in [0.25, 0.3) is 0 Å². The lowest BCUT2D eigenvalue weighted by atomic mass is 9.98. The van der Waals surface area contributed by atoms with Gasteiger partial charge >= 0.3 is 0 Å². The number of hydrogen-bond donors (Lipinski definition) is 1. The van der Waals surface area contributed by atoms with Gasteiger partial charge in [-0.3, -0.25) is 4.98 Å². The van der Waals surface area contributed by atoms with Crippen molar-refractivity contribution in [3.05, 3.63) is 120 Å². The second-order valence-corrected chi connectivity index (χ2v) is 9.13. The highest BCUT2D eigenvalue weighted by molar-refractivity contribution is 5.73. The van der Waals surface area contributed by atoms with E-state index in [2.05, 4.69) is 11.6 Å². The van der Waals surface area contributed by atoms with Gasteiger partial charge in [0.05, 0.1) is 18.4 Å². The van der Waals surface area contributed by atoms with Crippen LogP contribution in [0.5, 0.6) is 5.75 Å². The number of aromatic nitrogens is 1. The molecule has 200 valence electrons. The average Bonchev–Trinajstić information content (AvgIpc) is 2.95. The number of hydrogen-bond acceptors (Lipinski definition) is 3. The van der Waals surface area contributed by atoms with Gasteiger partial charge in [-0.15, -0.1) is 6.58 Å². The molecule has 0 bridgehead atoms. The van der Waals surface area contributed by atoms with Crippen LogP contribution in [0.3, 0.4) is 0 Å². The zero-order valence-corrected chi connectivity index (χ0v) is 21.7. The Morgan fingerprint density at radius 1 is 0.897 bits per heavy atom. The number of rotatable bonds is 11. The van der Waals surface area contributed by atoms with Crippen molar-refractivity contribution in [3.63, 3.8) is 0 Å². The number of nitrogens with zero attached hydrogens (tertiary/aromatic N) is 1. The molecule has 1 aromatic heterocycles. The molecule has 4 rings (SSSR count). The molecule has 0 saturated heterocycles. The fraction of sp³-hybridized carbons (Fsp3) is 0.182. The van der Waals surface area contributed by atoms with Crippen LogP contribution in [0.1, 0.15) is 49.1 Å². The van der Waals surface area contributed by atoms with Crippen LogP contribution in [-0.4, -0.2) is 16.7 Å². The molecule has 3 aromatic carbocycles. The monoisotopic (exact) mass is 529 g/mol. The molecule has 0 aliphatic heterocycles. The minimum absolute atomic E-state index is 0.0789. The van der Waals surface area contributed by atoms with Gasteiger partial charge in [-0.2, -0.15) is 0 Å². The summed E-state index contributed by atoms with van der Waals surface area (Å²) in [7, 11) is 0. The predicted octanol–water partition coefficient (Wildman–Crippen LogP) is 8.79. The second kappa shape index (κ2) is 13.1. The number of aliphatic hydroxyl groups is 1. The van der Waals surface area contributed by atoms with Crippen molar-refractivity contribution in [2.75, 3.05) is 6.61 Å². The van der Waals surface area contributed by atoms with Gasteiger partial charge in [-0.1, -0.05) is 61.9 Å². The van der Waals surface area contributed by atoms with Crippen LogP contribution in [0, 0.1) is 17.5 Å². The summed E-state index contributed by atoms with van der Waals surface area (Å²) in [5.74, 6) is -1.91. The highest BCUT2D eigenvalue weighted by atomic mass is 19.2. The summed E-state index contributed by atoms with van der Waals surface area (Å²) in [4.78, 5) is 4.31. The largest absolute Gasteiger partial charge is 0.493 e. The van der Waals surface area contributed by atoms with E-state index in [1.54, 1.807) is 60.7 Å². The molecule has 39 heavy (non-hydrogen) atoms. The van der Waals surface area contributed by atoms with Crippen LogP contribution in [0.25, 0.3) is 34.4 Å². The van der Waals surface area contributed by atoms with Gasteiger partial charge in [-0.25, -0.2) is 13.2 Å². The van der Waals surface area contributed by atoms with Gasteiger partial charge < -0.3 is 9.84 Å². The van der Waals surface area contributed by atoms with E-state index in [0.717, 1.165) is 12.0 Å². The molecule has 0 aliphatic rings. The minimum Gasteiger partial charge on any atom is -0.493 e. The number of aliphatic hydroxyl groups excluding tert-OH is 1. The van der Waals surface area contributed by atoms with Crippen molar-refractivity contribution in [2.24, 2.45) is 0 Å². The normalized spacial score (nSPS) is 12.0. The number of halogens is 3.